The minimum Gasteiger partial charge on any atom is -0.481 e. The third-order valence-electron chi connectivity index (χ3n) is 7.00. The predicted molar refractivity (Wildman–Crippen MR) is 132 cm³/mol. The molecule has 2 amide bonds. The summed E-state index contributed by atoms with van der Waals surface area (Å²) >= 11 is 0. The molecule has 2 aromatic rings. The fraction of sp³-hybridized carbons (Fsp3) is 0.444. The average Bonchev–Trinajstić information content (AvgIpc) is 3.33. The number of nitrogens with zero attached hydrogens (tertiary/aromatic N) is 2. The van der Waals surface area contributed by atoms with Gasteiger partial charge in [-0.2, -0.15) is 0 Å². The molecular weight excluding hydrogens is 446 g/mol. The van der Waals surface area contributed by atoms with Gasteiger partial charge >= 0.3 is 12.1 Å². The van der Waals surface area contributed by atoms with Crippen LogP contribution in [-0.4, -0.2) is 79.3 Å². The summed E-state index contributed by atoms with van der Waals surface area (Å²) in [6.45, 7) is 3.30. The van der Waals surface area contributed by atoms with Crippen molar-refractivity contribution < 1.29 is 24.2 Å². The van der Waals surface area contributed by atoms with Crippen LogP contribution < -0.4 is 5.32 Å². The number of carbonyl (C=O) groups excluding carboxylic acids is 2. The summed E-state index contributed by atoms with van der Waals surface area (Å²) in [5, 5.41) is 11.9. The minimum absolute atomic E-state index is 0.0309. The van der Waals surface area contributed by atoms with Crippen LogP contribution >= 0.6 is 0 Å². The molecule has 0 spiro atoms. The first kappa shape index (κ1) is 24.7. The molecule has 2 N–H and O–H groups in total. The maximum atomic E-state index is 13.3. The van der Waals surface area contributed by atoms with Crippen molar-refractivity contribution in [2.24, 2.45) is 11.8 Å². The molecule has 2 aliphatic rings. The Hall–Kier alpha value is -3.39. The van der Waals surface area contributed by atoms with Crippen molar-refractivity contribution in [3.8, 4) is 11.1 Å². The number of fused-ring (bicyclic) bond motifs is 3. The van der Waals surface area contributed by atoms with Gasteiger partial charge in [0.15, 0.2) is 0 Å². The van der Waals surface area contributed by atoms with Crippen LogP contribution in [0.2, 0.25) is 0 Å². The number of ether oxygens (including phenoxy) is 1. The highest BCUT2D eigenvalue weighted by atomic mass is 16.5. The Morgan fingerprint density at radius 2 is 1.66 bits per heavy atom. The lowest BCUT2D eigenvalue weighted by Gasteiger charge is -2.26. The number of amides is 2. The largest absolute Gasteiger partial charge is 0.481 e. The Morgan fingerprint density at radius 3 is 2.23 bits per heavy atom. The first-order chi connectivity index (χ1) is 16.7. The Labute approximate surface area is 205 Å². The molecule has 3 atom stereocenters. The van der Waals surface area contributed by atoms with Gasteiger partial charge in [0.2, 0.25) is 5.91 Å². The minimum atomic E-state index is -0.863. The molecule has 0 bridgehead atoms. The highest BCUT2D eigenvalue weighted by Crippen LogP contribution is 2.44. The van der Waals surface area contributed by atoms with Crippen LogP contribution in [0.3, 0.4) is 0 Å². The van der Waals surface area contributed by atoms with Gasteiger partial charge in [-0.1, -0.05) is 55.5 Å². The van der Waals surface area contributed by atoms with E-state index in [1.165, 1.54) is 0 Å². The molecule has 8 nitrogen and oxygen atoms in total. The summed E-state index contributed by atoms with van der Waals surface area (Å²) in [5.41, 5.74) is 4.55. The van der Waals surface area contributed by atoms with Crippen LogP contribution in [0.1, 0.15) is 30.4 Å². The molecule has 2 aromatic carbocycles. The molecule has 0 radical (unpaired) electrons. The molecule has 1 aliphatic carbocycles. The van der Waals surface area contributed by atoms with Crippen LogP contribution in [0.15, 0.2) is 48.5 Å². The van der Waals surface area contributed by atoms with Gasteiger partial charge in [0.05, 0.1) is 6.42 Å². The molecule has 0 aromatic heterocycles. The zero-order valence-electron chi connectivity index (χ0n) is 20.4. The lowest BCUT2D eigenvalue weighted by Crippen LogP contribution is -2.52. The normalized spacial score (nSPS) is 19.8. The molecule has 1 saturated heterocycles. The maximum absolute atomic E-state index is 13.3. The number of carboxylic acids is 1. The van der Waals surface area contributed by atoms with Gasteiger partial charge in [-0.3, -0.25) is 9.59 Å². The van der Waals surface area contributed by atoms with Crippen LogP contribution in [0.5, 0.6) is 0 Å². The Morgan fingerprint density at radius 1 is 1.06 bits per heavy atom. The van der Waals surface area contributed by atoms with E-state index < -0.39 is 18.1 Å². The maximum Gasteiger partial charge on any atom is 0.407 e. The molecule has 1 aliphatic heterocycles. The Bertz CT molecular complexity index is 1060. The number of hydrogen-bond donors (Lipinski definition) is 2. The molecule has 2 unspecified atom stereocenters. The predicted octanol–water partition coefficient (Wildman–Crippen LogP) is 3.02. The van der Waals surface area contributed by atoms with Gasteiger partial charge in [0, 0.05) is 25.6 Å². The smallest absolute Gasteiger partial charge is 0.407 e. The average molecular weight is 480 g/mol. The van der Waals surface area contributed by atoms with E-state index in [4.69, 9.17) is 9.84 Å². The topological polar surface area (TPSA) is 99.2 Å². The van der Waals surface area contributed by atoms with Gasteiger partial charge in [-0.25, -0.2) is 4.79 Å². The first-order valence-electron chi connectivity index (χ1n) is 12.0. The molecule has 186 valence electrons. The van der Waals surface area contributed by atoms with Crippen molar-refractivity contribution in [3.63, 3.8) is 0 Å². The van der Waals surface area contributed by atoms with Crippen molar-refractivity contribution in [1.82, 2.24) is 15.1 Å². The number of benzene rings is 2. The summed E-state index contributed by atoms with van der Waals surface area (Å²) in [6, 6.07) is 15.5. The lowest BCUT2D eigenvalue weighted by atomic mass is 9.95. The number of alkyl carbamates (subject to hydrolysis) is 1. The monoisotopic (exact) mass is 479 g/mol. The molecule has 4 rings (SSSR count). The van der Waals surface area contributed by atoms with Gasteiger partial charge in [-0.05, 0) is 48.2 Å². The fourth-order valence-electron chi connectivity index (χ4n) is 5.26. The number of nitrogens with one attached hydrogen (secondary N) is 1. The van der Waals surface area contributed by atoms with Crippen molar-refractivity contribution in [3.05, 3.63) is 59.7 Å². The number of carboxylic acid groups (broad SMARTS) is 1. The summed E-state index contributed by atoms with van der Waals surface area (Å²) in [4.78, 5) is 40.7. The number of likely N-dealkylation sites (N-methyl/N-ethyl adjacent to an activating group) is 1. The zero-order valence-corrected chi connectivity index (χ0v) is 20.4. The van der Waals surface area contributed by atoms with E-state index in [1.807, 2.05) is 50.2 Å². The third kappa shape index (κ3) is 5.48. The lowest BCUT2D eigenvalue weighted by molar-refractivity contribution is -0.139. The SMILES string of the molecule is CC1CN(C(=O)[C@H](CN(C)C)NC(=O)OCC2c3ccccc3-c3ccccc32)CC1CC(=O)O. The van der Waals surface area contributed by atoms with E-state index in [1.54, 1.807) is 4.90 Å². The number of aliphatic carboxylic acids is 1. The molecule has 0 saturated carbocycles. The van der Waals surface area contributed by atoms with Crippen LogP contribution in [0, 0.1) is 11.8 Å². The van der Waals surface area contributed by atoms with Crippen molar-refractivity contribution in [2.45, 2.75) is 25.3 Å². The summed E-state index contributed by atoms with van der Waals surface area (Å²) in [5.74, 6) is -1.15. The van der Waals surface area contributed by atoms with E-state index in [9.17, 15) is 14.4 Å². The molecule has 8 heteroatoms. The summed E-state index contributed by atoms with van der Waals surface area (Å²) < 4.78 is 5.64. The van der Waals surface area contributed by atoms with Gasteiger partial charge in [0.1, 0.15) is 12.6 Å². The number of carbonyl (C=O) groups is 3. The van der Waals surface area contributed by atoms with Crippen LogP contribution in [0.25, 0.3) is 11.1 Å². The third-order valence-corrected chi connectivity index (χ3v) is 7.00. The summed E-state index contributed by atoms with van der Waals surface area (Å²) in [7, 11) is 3.67. The van der Waals surface area contributed by atoms with Gasteiger partial charge in [-0.15, -0.1) is 0 Å². The van der Waals surface area contributed by atoms with Crippen molar-refractivity contribution in [2.75, 3.05) is 40.3 Å². The number of likely N-dealkylation sites (tertiary alicyclic amines) is 1. The molecule has 1 fully saturated rings. The summed E-state index contributed by atoms with van der Waals surface area (Å²) in [6.07, 6.45) is -0.607. The molecule has 1 heterocycles. The second kappa shape index (κ2) is 10.5. The zero-order chi connectivity index (χ0) is 25.1. The Balaban J connectivity index is 1.41. The standard InChI is InChI=1S/C27H33N3O5/c1-17-13-30(14-18(17)12-25(31)32)26(33)24(15-29(2)3)28-27(34)35-16-23-21-10-6-4-8-19(21)20-9-5-7-11-22(20)23/h4-11,17-18,23-24H,12-16H2,1-3H3,(H,28,34)(H,31,32)/t17?,18?,24-/m0/s1. The number of rotatable bonds is 8. The highest BCUT2D eigenvalue weighted by Gasteiger charge is 2.37. The second-order valence-corrected chi connectivity index (χ2v) is 9.86. The van der Waals surface area contributed by atoms with E-state index in [0.29, 0.717) is 19.6 Å². The van der Waals surface area contributed by atoms with E-state index >= 15 is 0 Å². The molecule has 35 heavy (non-hydrogen) atoms. The second-order valence-electron chi connectivity index (χ2n) is 9.86. The van der Waals surface area contributed by atoms with Crippen molar-refractivity contribution >= 4 is 18.0 Å². The van der Waals surface area contributed by atoms with Crippen molar-refractivity contribution in [1.29, 1.82) is 0 Å². The Kier molecular flexibility index (Phi) is 7.40. The van der Waals surface area contributed by atoms with Gasteiger partial charge < -0.3 is 25.0 Å². The quantitative estimate of drug-likeness (QED) is 0.604. The highest BCUT2D eigenvalue weighted by molar-refractivity contribution is 5.86. The van der Waals surface area contributed by atoms with E-state index in [2.05, 4.69) is 29.6 Å². The molecular formula is C27H33N3O5. The fourth-order valence-corrected chi connectivity index (χ4v) is 5.26. The van der Waals surface area contributed by atoms with Crippen LogP contribution in [-0.2, 0) is 14.3 Å². The van der Waals surface area contributed by atoms with E-state index in [0.717, 1.165) is 22.3 Å². The van der Waals surface area contributed by atoms with Gasteiger partial charge in [0.25, 0.3) is 0 Å². The van der Waals surface area contributed by atoms with Crippen LogP contribution in [0.4, 0.5) is 4.79 Å². The first-order valence-corrected chi connectivity index (χ1v) is 12.0. The van der Waals surface area contributed by atoms with E-state index in [-0.39, 0.29) is 36.7 Å². The number of hydrogen-bond acceptors (Lipinski definition) is 5.